The Balaban J connectivity index is 1.01. The Morgan fingerprint density at radius 1 is 0.412 bits per heavy atom. The van der Waals surface area contributed by atoms with E-state index in [0.29, 0.717) is 0 Å². The molecule has 0 amide bonds. The molecule has 10 aromatic carbocycles. The molecule has 4 heteroatoms. The maximum atomic E-state index is 6.91. The average molecular weight is 1070 g/mol. The monoisotopic (exact) mass is 1070 g/mol. The predicted molar refractivity (Wildman–Crippen MR) is 336 cm³/mol. The molecule has 0 fully saturated rings. The van der Waals surface area contributed by atoms with E-state index in [2.05, 4.69) is 271 Å². The summed E-state index contributed by atoms with van der Waals surface area (Å²) in [4.78, 5) is 8.01. The van der Waals surface area contributed by atoms with Crippen molar-refractivity contribution in [2.24, 2.45) is 0 Å². The number of anilines is 3. The van der Waals surface area contributed by atoms with Gasteiger partial charge in [-0.3, -0.25) is 0 Å². The van der Waals surface area contributed by atoms with Crippen molar-refractivity contribution < 1.29 is 4.42 Å². The molecule has 5 aliphatic rings. The number of furan rings is 1. The average Bonchev–Trinajstić information content (AvgIpc) is 4.20. The second-order valence-corrected chi connectivity index (χ2v) is 26.8. The van der Waals surface area contributed by atoms with E-state index in [9.17, 15) is 0 Å². The van der Waals surface area contributed by atoms with Gasteiger partial charge in [0, 0.05) is 48.0 Å². The molecule has 0 saturated heterocycles. The van der Waals surface area contributed by atoms with E-state index in [1.54, 1.807) is 0 Å². The zero-order chi connectivity index (χ0) is 53.9. The van der Waals surface area contributed by atoms with Gasteiger partial charge in [-0.1, -0.05) is 235 Å². The van der Waals surface area contributed by atoms with Crippen LogP contribution in [-0.2, 0) is 21.7 Å². The fourth-order valence-corrected chi connectivity index (χ4v) is 17.0. The maximum Gasteiger partial charge on any atom is 0.143 e. The molecule has 1 unspecified atom stereocenters. The third kappa shape index (κ3) is 6.64. The summed E-state index contributed by atoms with van der Waals surface area (Å²) < 4.78 is 6.91. The van der Waals surface area contributed by atoms with Crippen LogP contribution < -0.4 is 4.90 Å². The Morgan fingerprint density at radius 3 is 1.61 bits per heavy atom. The molecule has 0 radical (unpaired) electrons. The van der Waals surface area contributed by atoms with Gasteiger partial charge in [-0.25, -0.2) is 0 Å². The van der Waals surface area contributed by atoms with E-state index in [0.717, 1.165) is 63.0 Å². The second-order valence-electron chi connectivity index (χ2n) is 24.6. The van der Waals surface area contributed by atoms with Crippen molar-refractivity contribution in [3.63, 3.8) is 0 Å². The SMILES string of the molecule is CC(C)(C)c1ccc2c(c1)C1(c3cc(C(C)(C)C)ccc3S2)c2ccccc2-c2ccc(N(c3ccc4c(c3)C3(C5=C(CCC=C5)Sc5ccccc53)c3ccccc3-4)c3ccccc3-c3cccc4c3oc3ccccc34)cc21. The number of allylic oxidation sites excluding steroid dienone is 4. The van der Waals surface area contributed by atoms with Crippen LogP contribution in [0.1, 0.15) is 104 Å². The Bertz CT molecular complexity index is 4470. The van der Waals surface area contributed by atoms with Crippen molar-refractivity contribution in [2.45, 2.75) is 90.7 Å². The normalized spacial score (nSPS) is 17.0. The van der Waals surface area contributed by atoms with Gasteiger partial charge in [0.25, 0.3) is 0 Å². The van der Waals surface area contributed by atoms with Crippen molar-refractivity contribution in [3.05, 3.63) is 285 Å². The smallest absolute Gasteiger partial charge is 0.143 e. The number of hydrogen-bond acceptors (Lipinski definition) is 4. The van der Waals surface area contributed by atoms with Gasteiger partial charge in [0.1, 0.15) is 11.2 Å². The van der Waals surface area contributed by atoms with Crippen LogP contribution in [-0.4, -0.2) is 0 Å². The number of para-hydroxylation sites is 3. The molecule has 2 aliphatic heterocycles. The van der Waals surface area contributed by atoms with Crippen LogP contribution in [0.5, 0.6) is 0 Å². The Labute approximate surface area is 477 Å². The first-order valence-corrected chi connectivity index (χ1v) is 30.0. The molecule has 16 rings (SSSR count). The molecule has 0 bridgehead atoms. The third-order valence-electron chi connectivity index (χ3n) is 18.2. The highest BCUT2D eigenvalue weighted by Crippen LogP contribution is 2.66. The van der Waals surface area contributed by atoms with Gasteiger partial charge in [-0.15, -0.1) is 0 Å². The summed E-state index contributed by atoms with van der Waals surface area (Å²) in [5, 5.41) is 2.24. The molecular formula is C76H59NOS2. The van der Waals surface area contributed by atoms with Crippen LogP contribution in [0.4, 0.5) is 17.1 Å². The molecule has 80 heavy (non-hydrogen) atoms. The van der Waals surface area contributed by atoms with Crippen molar-refractivity contribution in [1.82, 2.24) is 0 Å². The lowest BCUT2D eigenvalue weighted by Gasteiger charge is -2.42. The fourth-order valence-electron chi connectivity index (χ4n) is 14.5. The molecule has 1 aromatic heterocycles. The first-order valence-electron chi connectivity index (χ1n) is 28.4. The molecule has 0 saturated carbocycles. The van der Waals surface area contributed by atoms with Gasteiger partial charge in [0.05, 0.1) is 16.5 Å². The Hall–Kier alpha value is -8.02. The summed E-state index contributed by atoms with van der Waals surface area (Å²) >= 11 is 3.90. The van der Waals surface area contributed by atoms with Gasteiger partial charge in [-0.05, 0) is 161 Å². The van der Waals surface area contributed by atoms with E-state index >= 15 is 0 Å². The molecule has 1 atom stereocenters. The standard InChI is InChI=1S/C76H59NOS2/c1-73(2,3)46-34-40-70-64(42-46)76(65-43-47(74(4,5)6)35-41-71(65)80-70)59-27-12-8-21-51(59)53-39-37-49(45-63(53)76)77(66-30-15-9-22-54(66)56-24-19-25-57-55-23-10-16-31-67(55)78-72(56)57)48-36-38-52-50-20-7-11-26-58(50)75(62(52)44-48)60-28-13-17-32-68(60)79-69-33-18-14-29-61(69)75/h7-17,19-32,34-45H,18,33H2,1-6H3. The predicted octanol–water partition coefficient (Wildman–Crippen LogP) is 21.2. The third-order valence-corrected chi connectivity index (χ3v) is 20.6. The van der Waals surface area contributed by atoms with E-state index in [1.807, 2.05) is 23.5 Å². The van der Waals surface area contributed by atoms with E-state index in [-0.39, 0.29) is 10.8 Å². The first kappa shape index (κ1) is 47.9. The Morgan fingerprint density at radius 2 is 0.938 bits per heavy atom. The highest BCUT2D eigenvalue weighted by Gasteiger charge is 2.53. The van der Waals surface area contributed by atoms with Crippen LogP contribution in [0.25, 0.3) is 55.3 Å². The summed E-state index contributed by atoms with van der Waals surface area (Å²) in [6.45, 7) is 14.1. The minimum absolute atomic E-state index is 0.0627. The van der Waals surface area contributed by atoms with Gasteiger partial charge in [0.2, 0.25) is 0 Å². The number of thioether (sulfide) groups is 1. The maximum absolute atomic E-state index is 6.91. The highest BCUT2D eigenvalue weighted by molar-refractivity contribution is 8.03. The van der Waals surface area contributed by atoms with Crippen molar-refractivity contribution in [2.75, 3.05) is 4.90 Å². The zero-order valence-corrected chi connectivity index (χ0v) is 47.6. The number of nitrogens with zero attached hydrogens (tertiary/aromatic N) is 1. The quantitative estimate of drug-likeness (QED) is 0.175. The van der Waals surface area contributed by atoms with E-state index in [1.165, 1.54) is 97.5 Å². The summed E-state index contributed by atoms with van der Waals surface area (Å²) in [5.41, 5.74) is 24.6. The minimum Gasteiger partial charge on any atom is -0.455 e. The summed E-state index contributed by atoms with van der Waals surface area (Å²) in [7, 11) is 0. The van der Waals surface area contributed by atoms with Gasteiger partial charge >= 0.3 is 0 Å². The zero-order valence-electron chi connectivity index (χ0n) is 45.9. The van der Waals surface area contributed by atoms with Crippen LogP contribution in [0.2, 0.25) is 0 Å². The lowest BCUT2D eigenvalue weighted by molar-refractivity contribution is 0.581. The number of rotatable bonds is 4. The highest BCUT2D eigenvalue weighted by atomic mass is 32.2. The molecule has 3 heterocycles. The number of benzene rings is 10. The molecule has 2 nitrogen and oxygen atoms in total. The van der Waals surface area contributed by atoms with Gasteiger partial charge in [-0.2, -0.15) is 0 Å². The van der Waals surface area contributed by atoms with Crippen LogP contribution in [0.3, 0.4) is 0 Å². The van der Waals surface area contributed by atoms with E-state index < -0.39 is 10.8 Å². The molecule has 386 valence electrons. The molecule has 3 aliphatic carbocycles. The Kier molecular flexibility index (Phi) is 10.3. The minimum atomic E-state index is -0.616. The topological polar surface area (TPSA) is 16.4 Å². The fraction of sp³-hybridized carbons (Fsp3) is 0.158. The van der Waals surface area contributed by atoms with Gasteiger partial charge < -0.3 is 9.32 Å². The largest absolute Gasteiger partial charge is 0.455 e. The van der Waals surface area contributed by atoms with Crippen LogP contribution in [0, 0.1) is 0 Å². The molecule has 0 N–H and O–H groups in total. The first-order chi connectivity index (χ1) is 38.9. The molecule has 11 aromatic rings. The van der Waals surface area contributed by atoms with Crippen molar-refractivity contribution >= 4 is 62.5 Å². The molecular weight excluding hydrogens is 1010 g/mol. The number of hydrogen-bond donors (Lipinski definition) is 0. The van der Waals surface area contributed by atoms with Crippen LogP contribution >= 0.6 is 23.5 Å². The molecule has 2 spiro atoms. The number of fused-ring (bicyclic) bond motifs is 20. The van der Waals surface area contributed by atoms with E-state index in [4.69, 9.17) is 4.42 Å². The summed E-state index contributed by atoms with van der Waals surface area (Å²) in [6, 6.07) is 81.4. The summed E-state index contributed by atoms with van der Waals surface area (Å²) in [6.07, 6.45) is 6.96. The lowest BCUT2D eigenvalue weighted by Crippen LogP contribution is -2.33. The van der Waals surface area contributed by atoms with Crippen molar-refractivity contribution in [1.29, 1.82) is 0 Å². The van der Waals surface area contributed by atoms with Gasteiger partial charge in [0.15, 0.2) is 0 Å². The second kappa shape index (κ2) is 17.2. The van der Waals surface area contributed by atoms with Crippen molar-refractivity contribution in [3.8, 4) is 33.4 Å². The van der Waals surface area contributed by atoms with Crippen LogP contribution in [0.15, 0.2) is 254 Å². The summed E-state index contributed by atoms with van der Waals surface area (Å²) in [5.74, 6) is 0. The lowest BCUT2D eigenvalue weighted by atomic mass is 9.65.